The van der Waals surface area contributed by atoms with Crippen molar-refractivity contribution in [1.29, 1.82) is 0 Å². The highest BCUT2D eigenvalue weighted by Gasteiger charge is 2.42. The molecule has 1 amide bonds. The Bertz CT molecular complexity index is 1000. The fourth-order valence-electron chi connectivity index (χ4n) is 4.12. The van der Waals surface area contributed by atoms with Crippen LogP contribution in [-0.4, -0.2) is 59.3 Å². The van der Waals surface area contributed by atoms with Crippen LogP contribution in [0.2, 0.25) is 0 Å². The minimum atomic E-state index is -3.21. The van der Waals surface area contributed by atoms with Gasteiger partial charge in [-0.25, -0.2) is 12.7 Å². The smallest absolute Gasteiger partial charge is 0.293 e. The molecule has 1 aromatic carbocycles. The van der Waals surface area contributed by atoms with Crippen LogP contribution >= 0.6 is 0 Å². The van der Waals surface area contributed by atoms with Gasteiger partial charge < -0.3 is 14.6 Å². The molecular formula is C19H25N5O4S. The maximum Gasteiger partial charge on any atom is 0.293 e. The summed E-state index contributed by atoms with van der Waals surface area (Å²) >= 11 is 0. The third-order valence-corrected chi connectivity index (χ3v) is 7.65. The molecule has 10 heteroatoms. The predicted octanol–water partition coefficient (Wildman–Crippen LogP) is 1.38. The predicted molar refractivity (Wildman–Crippen MR) is 107 cm³/mol. The lowest BCUT2D eigenvalue weighted by molar-refractivity contribution is 0.100. The summed E-state index contributed by atoms with van der Waals surface area (Å²) in [7, 11) is -1.63. The third-order valence-electron chi connectivity index (χ3n) is 5.64. The van der Waals surface area contributed by atoms with Crippen LogP contribution < -0.4 is 10.1 Å². The maximum atomic E-state index is 12.7. The van der Waals surface area contributed by atoms with E-state index in [9.17, 15) is 13.2 Å². The molecule has 156 valence electrons. The van der Waals surface area contributed by atoms with E-state index < -0.39 is 10.0 Å². The minimum Gasteiger partial charge on any atom is -0.497 e. The van der Waals surface area contributed by atoms with Crippen LogP contribution in [0.1, 0.15) is 29.8 Å². The maximum absolute atomic E-state index is 12.7. The highest BCUT2D eigenvalue weighted by molar-refractivity contribution is 7.89. The van der Waals surface area contributed by atoms with E-state index in [1.165, 1.54) is 0 Å². The zero-order valence-electron chi connectivity index (χ0n) is 16.5. The summed E-state index contributed by atoms with van der Waals surface area (Å²) in [4.78, 5) is 12.7. The van der Waals surface area contributed by atoms with Gasteiger partial charge in [-0.2, -0.15) is 0 Å². The van der Waals surface area contributed by atoms with E-state index in [-0.39, 0.29) is 29.3 Å². The Morgan fingerprint density at radius 1 is 1.17 bits per heavy atom. The number of methoxy groups -OCH3 is 1. The molecule has 29 heavy (non-hydrogen) atoms. The molecule has 2 aliphatic heterocycles. The standard InChI is InChI=1S/C19H25N5O4S/c1-3-8-29(26,27)23-10-13-9-17-21-22-18(24(17)12-14(13)11-23)19(25)20-15-4-6-16(28-2)7-5-15/h4-7,13-14H,3,8-12H2,1-2H3,(H,20,25)/t13-,14-/m1/s1. The topological polar surface area (TPSA) is 106 Å². The summed E-state index contributed by atoms with van der Waals surface area (Å²) in [6, 6.07) is 7.05. The Morgan fingerprint density at radius 3 is 2.59 bits per heavy atom. The second-order valence-corrected chi connectivity index (χ2v) is 9.68. The van der Waals surface area contributed by atoms with Crippen LogP contribution in [0.25, 0.3) is 0 Å². The van der Waals surface area contributed by atoms with Gasteiger partial charge in [-0.3, -0.25) is 4.79 Å². The van der Waals surface area contributed by atoms with Crippen LogP contribution in [0.3, 0.4) is 0 Å². The first-order valence-electron chi connectivity index (χ1n) is 9.76. The number of ether oxygens (including phenoxy) is 1. The normalized spacial score (nSPS) is 21.4. The number of carbonyl (C=O) groups is 1. The zero-order valence-corrected chi connectivity index (χ0v) is 17.4. The van der Waals surface area contributed by atoms with Gasteiger partial charge in [-0.15, -0.1) is 10.2 Å². The van der Waals surface area contributed by atoms with Crippen molar-refractivity contribution in [2.45, 2.75) is 26.3 Å². The summed E-state index contributed by atoms with van der Waals surface area (Å²) in [5, 5.41) is 11.1. The van der Waals surface area contributed by atoms with Crippen molar-refractivity contribution >= 4 is 21.6 Å². The average Bonchev–Trinajstić information content (AvgIpc) is 3.30. The first-order valence-corrected chi connectivity index (χ1v) is 11.4. The number of nitrogens with zero attached hydrogens (tertiary/aromatic N) is 4. The fraction of sp³-hybridized carbons (Fsp3) is 0.526. The molecule has 0 radical (unpaired) electrons. The van der Waals surface area contributed by atoms with Crippen LogP contribution in [0.5, 0.6) is 5.75 Å². The first-order chi connectivity index (χ1) is 13.9. The lowest BCUT2D eigenvalue weighted by atomic mass is 9.89. The average molecular weight is 420 g/mol. The number of benzene rings is 1. The number of amides is 1. The molecular weight excluding hydrogens is 394 g/mol. The number of rotatable bonds is 6. The van der Waals surface area contributed by atoms with E-state index in [0.717, 1.165) is 5.82 Å². The SMILES string of the molecule is CCCS(=O)(=O)N1C[C@H]2Cc3nnc(C(=O)Nc4ccc(OC)cc4)n3C[C@H]2C1. The van der Waals surface area contributed by atoms with Crippen molar-refractivity contribution in [1.82, 2.24) is 19.1 Å². The number of carbonyl (C=O) groups excluding carboxylic acids is 1. The van der Waals surface area contributed by atoms with Gasteiger partial charge in [0.2, 0.25) is 15.8 Å². The molecule has 0 aliphatic carbocycles. The number of sulfonamides is 1. The van der Waals surface area contributed by atoms with Gasteiger partial charge in [0.15, 0.2) is 0 Å². The van der Waals surface area contributed by atoms with Gasteiger partial charge >= 0.3 is 0 Å². The molecule has 2 atom stereocenters. The van der Waals surface area contributed by atoms with Crippen molar-refractivity contribution in [2.75, 3.05) is 31.3 Å². The van der Waals surface area contributed by atoms with Crippen molar-refractivity contribution in [3.05, 3.63) is 35.9 Å². The highest BCUT2D eigenvalue weighted by Crippen LogP contribution is 2.34. The summed E-state index contributed by atoms with van der Waals surface area (Å²) in [5.41, 5.74) is 0.638. The molecule has 0 spiro atoms. The fourth-order valence-corrected chi connectivity index (χ4v) is 5.74. The number of hydrogen-bond acceptors (Lipinski definition) is 6. The molecule has 1 saturated heterocycles. The largest absolute Gasteiger partial charge is 0.497 e. The first kappa shape index (κ1) is 19.8. The van der Waals surface area contributed by atoms with Crippen molar-refractivity contribution in [2.24, 2.45) is 11.8 Å². The number of nitrogens with one attached hydrogen (secondary N) is 1. The lowest BCUT2D eigenvalue weighted by Crippen LogP contribution is -2.31. The summed E-state index contributed by atoms with van der Waals surface area (Å²) in [6.07, 6.45) is 1.24. The quantitative estimate of drug-likeness (QED) is 0.758. The molecule has 2 aliphatic rings. The van der Waals surface area contributed by atoms with Crippen LogP contribution in [0.15, 0.2) is 24.3 Å². The van der Waals surface area contributed by atoms with Gasteiger partial charge in [-0.1, -0.05) is 6.92 Å². The molecule has 1 fully saturated rings. The number of aromatic nitrogens is 3. The highest BCUT2D eigenvalue weighted by atomic mass is 32.2. The van der Waals surface area contributed by atoms with Crippen molar-refractivity contribution in [3.63, 3.8) is 0 Å². The molecule has 0 bridgehead atoms. The van der Waals surface area contributed by atoms with E-state index in [1.54, 1.807) is 35.7 Å². The van der Waals surface area contributed by atoms with Gasteiger partial charge in [0.05, 0.1) is 12.9 Å². The van der Waals surface area contributed by atoms with Gasteiger partial charge in [0, 0.05) is 31.7 Å². The molecule has 3 heterocycles. The monoisotopic (exact) mass is 419 g/mol. The third kappa shape index (κ3) is 3.86. The van der Waals surface area contributed by atoms with Crippen molar-refractivity contribution in [3.8, 4) is 5.75 Å². The molecule has 1 N–H and O–H groups in total. The Hall–Kier alpha value is -2.46. The van der Waals surface area contributed by atoms with Crippen molar-refractivity contribution < 1.29 is 17.9 Å². The Morgan fingerprint density at radius 2 is 1.90 bits per heavy atom. The molecule has 9 nitrogen and oxygen atoms in total. The minimum absolute atomic E-state index is 0.165. The number of anilines is 1. The summed E-state index contributed by atoms with van der Waals surface area (Å²) < 4.78 is 33.4. The zero-order chi connectivity index (χ0) is 20.6. The van der Waals surface area contributed by atoms with Crippen LogP contribution in [0.4, 0.5) is 5.69 Å². The van der Waals surface area contributed by atoms with E-state index in [2.05, 4.69) is 15.5 Å². The van der Waals surface area contributed by atoms with Gasteiger partial charge in [0.1, 0.15) is 11.6 Å². The van der Waals surface area contributed by atoms with E-state index in [4.69, 9.17) is 4.74 Å². The summed E-state index contributed by atoms with van der Waals surface area (Å²) in [5.74, 6) is 1.92. The van der Waals surface area contributed by atoms with Crippen LogP contribution in [0, 0.1) is 11.8 Å². The van der Waals surface area contributed by atoms with Crippen LogP contribution in [-0.2, 0) is 23.0 Å². The Balaban J connectivity index is 1.48. The molecule has 0 unspecified atom stereocenters. The molecule has 2 aromatic rings. The molecule has 4 rings (SSSR count). The summed E-state index contributed by atoms with van der Waals surface area (Å²) in [6.45, 7) is 3.43. The Kier molecular flexibility index (Phi) is 5.30. The van der Waals surface area contributed by atoms with Gasteiger partial charge in [-0.05, 0) is 42.5 Å². The number of fused-ring (bicyclic) bond motifs is 2. The number of hydrogen-bond donors (Lipinski definition) is 1. The van der Waals surface area contributed by atoms with Gasteiger partial charge in [0.25, 0.3) is 5.91 Å². The van der Waals surface area contributed by atoms with E-state index in [0.29, 0.717) is 43.9 Å². The second-order valence-electron chi connectivity index (χ2n) is 7.59. The Labute approximate surface area is 170 Å². The molecule has 0 saturated carbocycles. The lowest BCUT2D eigenvalue weighted by Gasteiger charge is -2.25. The van der Waals surface area contributed by atoms with E-state index in [1.807, 2.05) is 11.5 Å². The second kappa shape index (κ2) is 7.75. The molecule has 1 aromatic heterocycles. The van der Waals surface area contributed by atoms with E-state index >= 15 is 0 Å².